The summed E-state index contributed by atoms with van der Waals surface area (Å²) in [5.41, 5.74) is 1.46. The molecule has 0 saturated heterocycles. The van der Waals surface area contributed by atoms with Crippen molar-refractivity contribution in [3.8, 4) is 0 Å². The topological polar surface area (TPSA) is 95.6 Å². The van der Waals surface area contributed by atoms with Crippen molar-refractivity contribution in [3.63, 3.8) is 0 Å². The molecule has 7 heteroatoms. The molecule has 3 rings (SSSR count). The predicted molar refractivity (Wildman–Crippen MR) is 104 cm³/mol. The minimum atomic E-state index is -0.396. The van der Waals surface area contributed by atoms with Crippen molar-refractivity contribution in [2.75, 3.05) is 18.4 Å². The summed E-state index contributed by atoms with van der Waals surface area (Å²) < 4.78 is 0. The van der Waals surface area contributed by atoms with Crippen LogP contribution in [0.4, 0.5) is 5.69 Å². The van der Waals surface area contributed by atoms with Crippen molar-refractivity contribution in [2.45, 2.75) is 19.8 Å². The summed E-state index contributed by atoms with van der Waals surface area (Å²) in [5, 5.41) is 5.47. The number of hydrogen-bond acceptors (Lipinski definition) is 4. The number of rotatable bonds is 7. The van der Waals surface area contributed by atoms with Crippen molar-refractivity contribution in [2.24, 2.45) is 0 Å². The molecule has 4 amide bonds. The van der Waals surface area contributed by atoms with E-state index in [1.807, 2.05) is 6.92 Å². The number of nitrogens with one attached hydrogen (secondary N) is 2. The predicted octanol–water partition coefficient (Wildman–Crippen LogP) is 2.45. The molecular formula is C21H21N3O4. The molecule has 0 aromatic heterocycles. The number of nitrogens with zero attached hydrogens (tertiary/aromatic N) is 1. The second-order valence-corrected chi connectivity index (χ2v) is 6.41. The van der Waals surface area contributed by atoms with Crippen molar-refractivity contribution in [1.82, 2.24) is 10.2 Å². The van der Waals surface area contributed by atoms with Gasteiger partial charge in [-0.2, -0.15) is 0 Å². The molecule has 0 radical (unpaired) electrons. The second kappa shape index (κ2) is 8.47. The average Bonchev–Trinajstić information content (AvgIpc) is 2.95. The molecule has 1 aliphatic heterocycles. The van der Waals surface area contributed by atoms with Crippen LogP contribution in [0.5, 0.6) is 0 Å². The van der Waals surface area contributed by atoms with Gasteiger partial charge in [-0.25, -0.2) is 0 Å². The molecule has 0 saturated carbocycles. The number of imide groups is 1. The first-order chi connectivity index (χ1) is 13.5. The van der Waals surface area contributed by atoms with Gasteiger partial charge in [-0.1, -0.05) is 31.2 Å². The summed E-state index contributed by atoms with van der Waals surface area (Å²) in [6, 6.07) is 13.3. The van der Waals surface area contributed by atoms with E-state index in [-0.39, 0.29) is 24.8 Å². The normalized spacial score (nSPS) is 12.7. The highest BCUT2D eigenvalue weighted by Gasteiger charge is 2.34. The maximum atomic E-state index is 12.4. The zero-order chi connectivity index (χ0) is 20.1. The Labute approximate surface area is 162 Å². The Hall–Kier alpha value is -3.48. The minimum absolute atomic E-state index is 0.0254. The molecule has 0 bridgehead atoms. The fraction of sp³-hybridized carbons (Fsp3) is 0.238. The van der Waals surface area contributed by atoms with E-state index in [1.54, 1.807) is 48.5 Å². The number of benzene rings is 2. The Balaban J connectivity index is 1.62. The van der Waals surface area contributed by atoms with E-state index < -0.39 is 11.8 Å². The van der Waals surface area contributed by atoms with Gasteiger partial charge in [0.2, 0.25) is 5.91 Å². The zero-order valence-electron chi connectivity index (χ0n) is 15.5. The molecule has 0 spiro atoms. The van der Waals surface area contributed by atoms with Crippen LogP contribution in [0.25, 0.3) is 0 Å². The van der Waals surface area contributed by atoms with E-state index in [0.717, 1.165) is 11.3 Å². The molecule has 0 fully saturated rings. The lowest BCUT2D eigenvalue weighted by Gasteiger charge is -2.14. The van der Waals surface area contributed by atoms with Crippen LogP contribution in [0.15, 0.2) is 48.5 Å². The van der Waals surface area contributed by atoms with Crippen LogP contribution in [0, 0.1) is 0 Å². The number of hydrogen-bond donors (Lipinski definition) is 2. The van der Waals surface area contributed by atoms with Crippen LogP contribution in [0.1, 0.15) is 50.8 Å². The van der Waals surface area contributed by atoms with Gasteiger partial charge >= 0.3 is 0 Å². The summed E-state index contributed by atoms with van der Waals surface area (Å²) >= 11 is 0. The summed E-state index contributed by atoms with van der Waals surface area (Å²) in [7, 11) is 0. The molecule has 0 atom stereocenters. The Bertz CT molecular complexity index is 904. The average molecular weight is 379 g/mol. The van der Waals surface area contributed by atoms with Crippen molar-refractivity contribution in [1.29, 1.82) is 0 Å². The van der Waals surface area contributed by atoms with E-state index in [1.165, 1.54) is 0 Å². The van der Waals surface area contributed by atoms with Gasteiger partial charge in [-0.3, -0.25) is 24.1 Å². The molecule has 2 aromatic carbocycles. The third kappa shape index (κ3) is 3.93. The summed E-state index contributed by atoms with van der Waals surface area (Å²) in [4.78, 5) is 50.3. The number of amides is 4. The smallest absolute Gasteiger partial charge is 0.261 e. The number of fused-ring (bicyclic) bond motifs is 1. The van der Waals surface area contributed by atoms with E-state index in [4.69, 9.17) is 0 Å². The fourth-order valence-corrected chi connectivity index (χ4v) is 2.99. The monoisotopic (exact) mass is 379 g/mol. The van der Waals surface area contributed by atoms with Gasteiger partial charge in [0.25, 0.3) is 17.7 Å². The Kier molecular flexibility index (Phi) is 5.84. The molecular weight excluding hydrogens is 358 g/mol. The van der Waals surface area contributed by atoms with Crippen LogP contribution in [-0.4, -0.2) is 41.6 Å². The van der Waals surface area contributed by atoms with Gasteiger partial charge < -0.3 is 10.6 Å². The van der Waals surface area contributed by atoms with Gasteiger partial charge in [-0.15, -0.1) is 0 Å². The van der Waals surface area contributed by atoms with Crippen molar-refractivity contribution >= 4 is 29.3 Å². The van der Waals surface area contributed by atoms with Gasteiger partial charge in [0, 0.05) is 19.5 Å². The van der Waals surface area contributed by atoms with Crippen LogP contribution >= 0.6 is 0 Å². The molecule has 144 valence electrons. The van der Waals surface area contributed by atoms with Gasteiger partial charge in [0.05, 0.1) is 22.4 Å². The minimum Gasteiger partial charge on any atom is -0.352 e. The Morgan fingerprint density at radius 2 is 1.54 bits per heavy atom. The Morgan fingerprint density at radius 3 is 2.18 bits per heavy atom. The summed E-state index contributed by atoms with van der Waals surface area (Å²) in [6.07, 6.45) is 0.747. The lowest BCUT2D eigenvalue weighted by molar-refractivity contribution is -0.116. The van der Waals surface area contributed by atoms with Crippen molar-refractivity contribution < 1.29 is 19.2 Å². The highest BCUT2D eigenvalue weighted by atomic mass is 16.2. The molecule has 2 aromatic rings. The van der Waals surface area contributed by atoms with Gasteiger partial charge in [0.15, 0.2) is 0 Å². The van der Waals surface area contributed by atoms with E-state index >= 15 is 0 Å². The third-order valence-electron chi connectivity index (χ3n) is 4.42. The number of carbonyl (C=O) groups excluding carboxylic acids is 4. The fourth-order valence-electron chi connectivity index (χ4n) is 2.99. The van der Waals surface area contributed by atoms with E-state index in [0.29, 0.717) is 28.9 Å². The maximum Gasteiger partial charge on any atom is 0.261 e. The van der Waals surface area contributed by atoms with Crippen LogP contribution in [0.2, 0.25) is 0 Å². The molecule has 0 aliphatic carbocycles. The summed E-state index contributed by atoms with van der Waals surface area (Å²) in [6.45, 7) is 2.47. The maximum absolute atomic E-state index is 12.4. The zero-order valence-corrected chi connectivity index (χ0v) is 15.5. The second-order valence-electron chi connectivity index (χ2n) is 6.41. The van der Waals surface area contributed by atoms with Crippen LogP contribution in [0.3, 0.4) is 0 Å². The van der Waals surface area contributed by atoms with E-state index in [9.17, 15) is 19.2 Å². The largest absolute Gasteiger partial charge is 0.352 e. The lowest BCUT2D eigenvalue weighted by Crippen LogP contribution is -2.33. The molecule has 0 unspecified atom stereocenters. The SMILES string of the molecule is CCCNC(=O)c1ccccc1NC(=O)CCN1C(=O)c2ccccc2C1=O. The highest BCUT2D eigenvalue weighted by Crippen LogP contribution is 2.22. The van der Waals surface area contributed by atoms with Crippen molar-refractivity contribution in [3.05, 3.63) is 65.2 Å². The number of anilines is 1. The van der Waals surface area contributed by atoms with Crippen LogP contribution in [-0.2, 0) is 4.79 Å². The highest BCUT2D eigenvalue weighted by molar-refractivity contribution is 6.21. The molecule has 1 heterocycles. The molecule has 28 heavy (non-hydrogen) atoms. The summed E-state index contributed by atoms with van der Waals surface area (Å²) in [5.74, 6) is -1.44. The standard InChI is InChI=1S/C21H21N3O4/c1-2-12-22-19(26)16-9-5-6-10-17(16)23-18(25)11-13-24-20(27)14-7-3-4-8-15(14)21(24)28/h3-10H,2,11-13H2,1H3,(H,22,26)(H,23,25). The first-order valence-electron chi connectivity index (χ1n) is 9.15. The van der Waals surface area contributed by atoms with Gasteiger partial charge in [-0.05, 0) is 30.7 Å². The van der Waals surface area contributed by atoms with E-state index in [2.05, 4.69) is 10.6 Å². The first-order valence-corrected chi connectivity index (χ1v) is 9.15. The number of para-hydroxylation sites is 1. The van der Waals surface area contributed by atoms with Crippen LogP contribution < -0.4 is 10.6 Å². The molecule has 7 nitrogen and oxygen atoms in total. The van der Waals surface area contributed by atoms with Gasteiger partial charge in [0.1, 0.15) is 0 Å². The molecule has 2 N–H and O–H groups in total. The first kappa shape index (κ1) is 19.3. The number of carbonyl (C=O) groups is 4. The molecule has 1 aliphatic rings. The quantitative estimate of drug-likeness (QED) is 0.723. The lowest BCUT2D eigenvalue weighted by atomic mass is 10.1. The Morgan fingerprint density at radius 1 is 0.929 bits per heavy atom. The third-order valence-corrected chi connectivity index (χ3v) is 4.42.